The van der Waals surface area contributed by atoms with E-state index in [1.165, 1.54) is 6.20 Å². The smallest absolute Gasteiger partial charge is 0.158 e. The van der Waals surface area contributed by atoms with Gasteiger partial charge in [0.15, 0.2) is 5.69 Å². The van der Waals surface area contributed by atoms with Gasteiger partial charge in [0, 0.05) is 5.56 Å². The largest absolute Gasteiger partial charge is 0.392 e. The molecule has 1 heterocycles. The van der Waals surface area contributed by atoms with Crippen molar-refractivity contribution < 1.29 is 5.11 Å². The second kappa shape index (κ2) is 4.51. The molecule has 0 amide bonds. The molecule has 0 aliphatic rings. The van der Waals surface area contributed by atoms with Gasteiger partial charge in [-0.15, -0.1) is 0 Å². The zero-order chi connectivity index (χ0) is 11.4. The summed E-state index contributed by atoms with van der Waals surface area (Å²) in [5, 5.41) is 17.6. The number of benzene rings is 1. The van der Waals surface area contributed by atoms with E-state index in [0.29, 0.717) is 11.4 Å². The fourth-order valence-corrected chi connectivity index (χ4v) is 1.36. The van der Waals surface area contributed by atoms with Crippen LogP contribution in [0.1, 0.15) is 11.3 Å². The first-order valence-corrected chi connectivity index (χ1v) is 4.76. The third kappa shape index (κ3) is 2.05. The molecule has 1 aromatic carbocycles. The minimum atomic E-state index is -0.00243. The third-order valence-corrected chi connectivity index (χ3v) is 2.17. The molecule has 0 saturated heterocycles. The predicted octanol–water partition coefficient (Wildman–Crippen LogP) is 1.51. The first kappa shape index (κ1) is 10.3. The standard InChI is InChI=1S/C12H9N3O/c13-5-11-6-15-12(7-14-11)10-3-1-2-9(4-10)8-16/h1-4,6-7,16H,8H2. The van der Waals surface area contributed by atoms with Gasteiger partial charge < -0.3 is 5.11 Å². The second-order valence-electron chi connectivity index (χ2n) is 3.26. The molecule has 0 radical (unpaired) electrons. The van der Waals surface area contributed by atoms with Crippen LogP contribution in [0.2, 0.25) is 0 Å². The normalized spacial score (nSPS) is 9.75. The van der Waals surface area contributed by atoms with Gasteiger partial charge >= 0.3 is 0 Å². The number of nitrogens with zero attached hydrogens (tertiary/aromatic N) is 3. The molecule has 0 spiro atoms. The molecule has 1 aromatic heterocycles. The molecular weight excluding hydrogens is 202 g/mol. The molecule has 0 aliphatic carbocycles. The van der Waals surface area contributed by atoms with Crippen molar-refractivity contribution in [3.63, 3.8) is 0 Å². The monoisotopic (exact) mass is 211 g/mol. The summed E-state index contributed by atoms with van der Waals surface area (Å²) in [6, 6.07) is 9.32. The average molecular weight is 211 g/mol. The van der Waals surface area contributed by atoms with Gasteiger partial charge in [-0.1, -0.05) is 18.2 Å². The Morgan fingerprint density at radius 3 is 2.75 bits per heavy atom. The number of aromatic nitrogens is 2. The maximum Gasteiger partial charge on any atom is 0.158 e. The molecule has 0 bridgehead atoms. The molecule has 0 unspecified atom stereocenters. The molecular formula is C12H9N3O. The summed E-state index contributed by atoms with van der Waals surface area (Å²) < 4.78 is 0. The highest BCUT2D eigenvalue weighted by atomic mass is 16.3. The molecule has 4 nitrogen and oxygen atoms in total. The Hall–Kier alpha value is -2.25. The Morgan fingerprint density at radius 1 is 1.25 bits per heavy atom. The van der Waals surface area contributed by atoms with Gasteiger partial charge in [-0.3, -0.25) is 4.98 Å². The number of nitriles is 1. The maximum absolute atomic E-state index is 9.01. The average Bonchev–Trinajstić information content (AvgIpc) is 2.39. The van der Waals surface area contributed by atoms with Gasteiger partial charge in [-0.05, 0) is 11.6 Å². The lowest BCUT2D eigenvalue weighted by molar-refractivity contribution is 0.282. The molecule has 0 fully saturated rings. The summed E-state index contributed by atoms with van der Waals surface area (Å²) >= 11 is 0. The van der Waals surface area contributed by atoms with Crippen molar-refractivity contribution in [2.75, 3.05) is 0 Å². The Bertz CT molecular complexity index is 529. The molecule has 1 N–H and O–H groups in total. The van der Waals surface area contributed by atoms with Crippen LogP contribution in [0.3, 0.4) is 0 Å². The summed E-state index contributed by atoms with van der Waals surface area (Å²) in [6.45, 7) is -0.00243. The Balaban J connectivity index is 2.39. The van der Waals surface area contributed by atoms with Gasteiger partial charge in [0.2, 0.25) is 0 Å². The minimum Gasteiger partial charge on any atom is -0.392 e. The van der Waals surface area contributed by atoms with Crippen molar-refractivity contribution in [1.82, 2.24) is 9.97 Å². The summed E-state index contributed by atoms with van der Waals surface area (Å²) in [5.74, 6) is 0. The fraction of sp³-hybridized carbons (Fsp3) is 0.0833. The summed E-state index contributed by atoms with van der Waals surface area (Å²) in [4.78, 5) is 8.07. The van der Waals surface area contributed by atoms with E-state index < -0.39 is 0 Å². The van der Waals surface area contributed by atoms with Crippen molar-refractivity contribution in [2.24, 2.45) is 0 Å². The Labute approximate surface area is 92.8 Å². The molecule has 78 valence electrons. The van der Waals surface area contributed by atoms with Crippen LogP contribution in [0.5, 0.6) is 0 Å². The predicted molar refractivity (Wildman–Crippen MR) is 58.1 cm³/mol. The van der Waals surface area contributed by atoms with E-state index in [1.807, 2.05) is 30.3 Å². The topological polar surface area (TPSA) is 69.8 Å². The van der Waals surface area contributed by atoms with Crippen molar-refractivity contribution >= 4 is 0 Å². The van der Waals surface area contributed by atoms with Gasteiger partial charge in [0.05, 0.1) is 24.7 Å². The highest BCUT2D eigenvalue weighted by Crippen LogP contribution is 2.17. The van der Waals surface area contributed by atoms with Crippen LogP contribution in [0.25, 0.3) is 11.3 Å². The van der Waals surface area contributed by atoms with E-state index in [0.717, 1.165) is 11.1 Å². The number of rotatable bonds is 2. The number of aliphatic hydroxyl groups is 1. The third-order valence-electron chi connectivity index (χ3n) is 2.17. The van der Waals surface area contributed by atoms with Crippen LogP contribution in [0.15, 0.2) is 36.7 Å². The molecule has 2 aromatic rings. The molecule has 16 heavy (non-hydrogen) atoms. The van der Waals surface area contributed by atoms with Crippen molar-refractivity contribution in [3.8, 4) is 17.3 Å². The van der Waals surface area contributed by atoms with E-state index in [4.69, 9.17) is 10.4 Å². The van der Waals surface area contributed by atoms with E-state index in [-0.39, 0.29) is 6.61 Å². The number of hydrogen-bond acceptors (Lipinski definition) is 4. The SMILES string of the molecule is N#Cc1cnc(-c2cccc(CO)c2)cn1. The second-order valence-corrected chi connectivity index (χ2v) is 3.26. The molecule has 4 heteroatoms. The van der Waals surface area contributed by atoms with Crippen LogP contribution in [-0.4, -0.2) is 15.1 Å². The maximum atomic E-state index is 9.01. The quantitative estimate of drug-likeness (QED) is 0.817. The Kier molecular flexibility index (Phi) is 2.90. The van der Waals surface area contributed by atoms with Crippen molar-refractivity contribution in [1.29, 1.82) is 5.26 Å². The van der Waals surface area contributed by atoms with Gasteiger partial charge in [0.1, 0.15) is 6.07 Å². The lowest BCUT2D eigenvalue weighted by Gasteiger charge is -2.02. The van der Waals surface area contributed by atoms with E-state index in [9.17, 15) is 0 Å². The highest BCUT2D eigenvalue weighted by molar-refractivity contribution is 5.59. The first-order valence-electron chi connectivity index (χ1n) is 4.76. The van der Waals surface area contributed by atoms with Crippen molar-refractivity contribution in [2.45, 2.75) is 6.61 Å². The van der Waals surface area contributed by atoms with Crippen LogP contribution >= 0.6 is 0 Å². The molecule has 0 atom stereocenters. The summed E-state index contributed by atoms with van der Waals surface area (Å²) in [5.41, 5.74) is 2.68. The zero-order valence-electron chi connectivity index (χ0n) is 8.46. The van der Waals surface area contributed by atoms with E-state index >= 15 is 0 Å². The first-order chi connectivity index (χ1) is 7.83. The fourth-order valence-electron chi connectivity index (χ4n) is 1.36. The Morgan fingerprint density at radius 2 is 2.12 bits per heavy atom. The van der Waals surface area contributed by atoms with E-state index in [1.54, 1.807) is 6.20 Å². The molecule has 0 saturated carbocycles. The summed E-state index contributed by atoms with van der Waals surface area (Å²) in [7, 11) is 0. The summed E-state index contributed by atoms with van der Waals surface area (Å²) in [6.07, 6.45) is 2.98. The minimum absolute atomic E-state index is 0.00243. The van der Waals surface area contributed by atoms with Crippen molar-refractivity contribution in [3.05, 3.63) is 47.9 Å². The van der Waals surface area contributed by atoms with Gasteiger partial charge in [0.25, 0.3) is 0 Å². The number of hydrogen-bond donors (Lipinski definition) is 1. The van der Waals surface area contributed by atoms with Gasteiger partial charge in [-0.2, -0.15) is 5.26 Å². The van der Waals surface area contributed by atoms with Crippen LogP contribution in [0, 0.1) is 11.3 Å². The highest BCUT2D eigenvalue weighted by Gasteiger charge is 2.01. The van der Waals surface area contributed by atoms with E-state index in [2.05, 4.69) is 9.97 Å². The van der Waals surface area contributed by atoms with Crippen LogP contribution < -0.4 is 0 Å². The lowest BCUT2D eigenvalue weighted by atomic mass is 10.1. The van der Waals surface area contributed by atoms with Gasteiger partial charge in [-0.25, -0.2) is 4.98 Å². The molecule has 2 rings (SSSR count). The lowest BCUT2D eigenvalue weighted by Crippen LogP contribution is -1.90. The zero-order valence-corrected chi connectivity index (χ0v) is 8.46. The number of aliphatic hydroxyl groups excluding tert-OH is 1. The van der Waals surface area contributed by atoms with Crippen LogP contribution in [-0.2, 0) is 6.61 Å². The van der Waals surface area contributed by atoms with Crippen LogP contribution in [0.4, 0.5) is 0 Å². The molecule has 0 aliphatic heterocycles.